The molecule has 0 bridgehead atoms. The average molecular weight is 292 g/mol. The summed E-state index contributed by atoms with van der Waals surface area (Å²) >= 11 is 6.36. The summed E-state index contributed by atoms with van der Waals surface area (Å²) in [5.41, 5.74) is 2.84. The van der Waals surface area contributed by atoms with Crippen molar-refractivity contribution in [3.8, 4) is 11.1 Å². The van der Waals surface area contributed by atoms with Crippen molar-refractivity contribution in [1.82, 2.24) is 5.32 Å². The minimum absolute atomic E-state index is 0.212. The van der Waals surface area contributed by atoms with Crippen LogP contribution in [0.5, 0.6) is 0 Å². The van der Waals surface area contributed by atoms with Crippen molar-refractivity contribution in [3.63, 3.8) is 0 Å². The molecule has 2 rings (SSSR count). The quantitative estimate of drug-likeness (QED) is 0.797. The van der Waals surface area contributed by atoms with E-state index in [1.165, 1.54) is 12.1 Å². The monoisotopic (exact) mass is 291 g/mol. The SMILES string of the molecule is CCCNC(C)c1ccc(-c2cccc(F)c2)cc1Cl. The van der Waals surface area contributed by atoms with Gasteiger partial charge in [0.15, 0.2) is 0 Å². The maximum absolute atomic E-state index is 13.3. The highest BCUT2D eigenvalue weighted by Gasteiger charge is 2.10. The fourth-order valence-electron chi connectivity index (χ4n) is 2.20. The molecule has 0 radical (unpaired) electrons. The van der Waals surface area contributed by atoms with Crippen LogP contribution in [0.4, 0.5) is 4.39 Å². The van der Waals surface area contributed by atoms with E-state index in [-0.39, 0.29) is 11.9 Å². The van der Waals surface area contributed by atoms with E-state index in [2.05, 4.69) is 19.2 Å². The maximum atomic E-state index is 13.3. The molecule has 2 aromatic rings. The van der Waals surface area contributed by atoms with Crippen LogP contribution < -0.4 is 5.32 Å². The van der Waals surface area contributed by atoms with Crippen LogP contribution >= 0.6 is 11.6 Å². The third kappa shape index (κ3) is 3.59. The van der Waals surface area contributed by atoms with Crippen molar-refractivity contribution in [3.05, 3.63) is 58.9 Å². The van der Waals surface area contributed by atoms with Crippen LogP contribution in [0.1, 0.15) is 31.9 Å². The Labute approximate surface area is 124 Å². The minimum atomic E-state index is -0.235. The first-order valence-electron chi connectivity index (χ1n) is 6.90. The van der Waals surface area contributed by atoms with Crippen LogP contribution in [0.15, 0.2) is 42.5 Å². The van der Waals surface area contributed by atoms with Gasteiger partial charge in [0, 0.05) is 11.1 Å². The lowest BCUT2D eigenvalue weighted by molar-refractivity contribution is 0.571. The van der Waals surface area contributed by atoms with E-state index < -0.39 is 0 Å². The van der Waals surface area contributed by atoms with E-state index >= 15 is 0 Å². The molecule has 0 aliphatic rings. The van der Waals surface area contributed by atoms with Crippen molar-refractivity contribution in [2.45, 2.75) is 26.3 Å². The Morgan fingerprint density at radius 1 is 1.15 bits per heavy atom. The summed E-state index contributed by atoms with van der Waals surface area (Å²) in [7, 11) is 0. The summed E-state index contributed by atoms with van der Waals surface area (Å²) in [6, 6.07) is 12.7. The number of benzene rings is 2. The number of nitrogens with one attached hydrogen (secondary N) is 1. The first kappa shape index (κ1) is 15.0. The Balaban J connectivity index is 2.25. The molecule has 0 aliphatic heterocycles. The Morgan fingerprint density at radius 2 is 1.90 bits per heavy atom. The van der Waals surface area contributed by atoms with E-state index in [1.54, 1.807) is 6.07 Å². The Hall–Kier alpha value is -1.38. The van der Waals surface area contributed by atoms with E-state index in [9.17, 15) is 4.39 Å². The van der Waals surface area contributed by atoms with Crippen LogP contribution in [0.3, 0.4) is 0 Å². The van der Waals surface area contributed by atoms with Gasteiger partial charge in [-0.05, 0) is 54.8 Å². The first-order valence-corrected chi connectivity index (χ1v) is 7.28. The van der Waals surface area contributed by atoms with Crippen molar-refractivity contribution in [1.29, 1.82) is 0 Å². The smallest absolute Gasteiger partial charge is 0.123 e. The van der Waals surface area contributed by atoms with Gasteiger partial charge in [-0.15, -0.1) is 0 Å². The predicted octanol–water partition coefficient (Wildman–Crippen LogP) is 5.21. The molecule has 1 N–H and O–H groups in total. The van der Waals surface area contributed by atoms with Gasteiger partial charge in [0.2, 0.25) is 0 Å². The lowest BCUT2D eigenvalue weighted by atomic mass is 10.0. The summed E-state index contributed by atoms with van der Waals surface area (Å²) in [4.78, 5) is 0. The molecular weight excluding hydrogens is 273 g/mol. The number of halogens is 2. The number of hydrogen-bond acceptors (Lipinski definition) is 1. The van der Waals surface area contributed by atoms with E-state index in [1.807, 2.05) is 24.3 Å². The highest BCUT2D eigenvalue weighted by atomic mass is 35.5. The molecule has 1 atom stereocenters. The van der Waals surface area contributed by atoms with Gasteiger partial charge in [-0.1, -0.05) is 42.8 Å². The van der Waals surface area contributed by atoms with Gasteiger partial charge in [0.25, 0.3) is 0 Å². The second-order valence-corrected chi connectivity index (χ2v) is 5.33. The van der Waals surface area contributed by atoms with E-state index in [0.717, 1.165) is 29.7 Å². The molecule has 0 aromatic heterocycles. The first-order chi connectivity index (χ1) is 9.61. The van der Waals surface area contributed by atoms with Gasteiger partial charge in [-0.3, -0.25) is 0 Å². The minimum Gasteiger partial charge on any atom is -0.310 e. The van der Waals surface area contributed by atoms with Crippen LogP contribution in [-0.2, 0) is 0 Å². The topological polar surface area (TPSA) is 12.0 Å². The molecule has 3 heteroatoms. The molecular formula is C17H19ClFN. The molecule has 0 heterocycles. The summed E-state index contributed by atoms with van der Waals surface area (Å²) in [5.74, 6) is -0.235. The Bertz CT molecular complexity index is 583. The van der Waals surface area contributed by atoms with Crippen molar-refractivity contribution >= 4 is 11.6 Å². The normalized spacial score (nSPS) is 12.4. The summed E-state index contributed by atoms with van der Waals surface area (Å²) in [6.07, 6.45) is 1.09. The molecule has 106 valence electrons. The van der Waals surface area contributed by atoms with Gasteiger partial charge in [-0.25, -0.2) is 4.39 Å². The van der Waals surface area contributed by atoms with Crippen molar-refractivity contribution < 1.29 is 4.39 Å². The zero-order valence-electron chi connectivity index (χ0n) is 11.8. The van der Waals surface area contributed by atoms with Crippen molar-refractivity contribution in [2.24, 2.45) is 0 Å². The average Bonchev–Trinajstić information content (AvgIpc) is 2.44. The van der Waals surface area contributed by atoms with Gasteiger partial charge < -0.3 is 5.32 Å². The fraction of sp³-hybridized carbons (Fsp3) is 0.294. The van der Waals surface area contributed by atoms with Crippen LogP contribution in [0, 0.1) is 5.82 Å². The molecule has 20 heavy (non-hydrogen) atoms. The standard InChI is InChI=1S/C17H19ClFN/c1-3-9-20-12(2)16-8-7-14(11-17(16)18)13-5-4-6-15(19)10-13/h4-8,10-12,20H,3,9H2,1-2H3. The molecule has 0 saturated carbocycles. The number of hydrogen-bond donors (Lipinski definition) is 1. The van der Waals surface area contributed by atoms with Gasteiger partial charge in [0.05, 0.1) is 0 Å². The Morgan fingerprint density at radius 3 is 2.55 bits per heavy atom. The largest absolute Gasteiger partial charge is 0.310 e. The molecule has 2 aromatic carbocycles. The molecule has 1 unspecified atom stereocenters. The van der Waals surface area contributed by atoms with Crippen LogP contribution in [0.2, 0.25) is 5.02 Å². The zero-order chi connectivity index (χ0) is 14.5. The fourth-order valence-corrected chi connectivity index (χ4v) is 2.54. The summed E-state index contributed by atoms with van der Waals surface area (Å²) in [5, 5.41) is 4.12. The second kappa shape index (κ2) is 6.87. The lowest BCUT2D eigenvalue weighted by Gasteiger charge is -2.16. The molecule has 0 amide bonds. The highest BCUT2D eigenvalue weighted by Crippen LogP contribution is 2.29. The van der Waals surface area contributed by atoms with Crippen LogP contribution in [-0.4, -0.2) is 6.54 Å². The van der Waals surface area contributed by atoms with Crippen LogP contribution in [0.25, 0.3) is 11.1 Å². The molecule has 0 saturated heterocycles. The van der Waals surface area contributed by atoms with Gasteiger partial charge in [0.1, 0.15) is 5.82 Å². The third-order valence-electron chi connectivity index (χ3n) is 3.33. The summed E-state index contributed by atoms with van der Waals surface area (Å²) < 4.78 is 13.3. The van der Waals surface area contributed by atoms with Crippen molar-refractivity contribution in [2.75, 3.05) is 6.54 Å². The zero-order valence-corrected chi connectivity index (χ0v) is 12.5. The third-order valence-corrected chi connectivity index (χ3v) is 3.65. The van der Waals surface area contributed by atoms with E-state index in [0.29, 0.717) is 5.02 Å². The highest BCUT2D eigenvalue weighted by molar-refractivity contribution is 6.31. The lowest BCUT2D eigenvalue weighted by Crippen LogP contribution is -2.19. The van der Waals surface area contributed by atoms with E-state index in [4.69, 9.17) is 11.6 Å². The summed E-state index contributed by atoms with van der Waals surface area (Å²) in [6.45, 7) is 5.19. The number of rotatable bonds is 5. The molecule has 1 nitrogen and oxygen atoms in total. The second-order valence-electron chi connectivity index (χ2n) is 4.92. The molecule has 0 fully saturated rings. The predicted molar refractivity (Wildman–Crippen MR) is 83.6 cm³/mol. The van der Waals surface area contributed by atoms with Gasteiger partial charge in [-0.2, -0.15) is 0 Å². The Kier molecular flexibility index (Phi) is 5.16. The molecule has 0 aliphatic carbocycles. The maximum Gasteiger partial charge on any atom is 0.123 e. The van der Waals surface area contributed by atoms with Gasteiger partial charge >= 0.3 is 0 Å². The molecule has 0 spiro atoms.